The number of carbonyl (C=O) groups excluding carboxylic acids is 2. The summed E-state index contributed by atoms with van der Waals surface area (Å²) >= 11 is 0. The summed E-state index contributed by atoms with van der Waals surface area (Å²) in [5.74, 6) is -0.174. The molecule has 6 nitrogen and oxygen atoms in total. The van der Waals surface area contributed by atoms with Gasteiger partial charge in [0.1, 0.15) is 0 Å². The van der Waals surface area contributed by atoms with Gasteiger partial charge in [0, 0.05) is 31.9 Å². The molecule has 1 aromatic heterocycles. The maximum Gasteiger partial charge on any atom is 0.350 e. The lowest BCUT2D eigenvalue weighted by Crippen LogP contribution is -2.39. The molecule has 0 aliphatic heterocycles. The second-order valence-electron chi connectivity index (χ2n) is 5.09. The lowest BCUT2D eigenvalue weighted by atomic mass is 10.1. The minimum absolute atomic E-state index is 0.247. The average molecular weight is 293 g/mol. The molecule has 1 rings (SSSR count). The molecule has 116 valence electrons. The van der Waals surface area contributed by atoms with Gasteiger partial charge in [0.05, 0.1) is 6.42 Å². The van der Waals surface area contributed by atoms with Crippen LogP contribution in [0.25, 0.3) is 0 Å². The second kappa shape index (κ2) is 8.94. The van der Waals surface area contributed by atoms with Gasteiger partial charge in [-0.05, 0) is 18.1 Å². The number of amides is 2. The molecule has 21 heavy (non-hydrogen) atoms. The zero-order valence-electron chi connectivity index (χ0n) is 12.8. The van der Waals surface area contributed by atoms with Gasteiger partial charge in [-0.2, -0.15) is 5.48 Å². The number of pyridine rings is 1. The van der Waals surface area contributed by atoms with Crippen molar-refractivity contribution >= 4 is 12.0 Å². The van der Waals surface area contributed by atoms with Gasteiger partial charge in [-0.1, -0.05) is 26.3 Å². The van der Waals surface area contributed by atoms with Crippen molar-refractivity contribution in [2.24, 2.45) is 5.92 Å². The Kier molecular flexibility index (Phi) is 7.21. The summed E-state index contributed by atoms with van der Waals surface area (Å²) < 4.78 is 0. The van der Waals surface area contributed by atoms with E-state index in [2.05, 4.69) is 10.5 Å². The van der Waals surface area contributed by atoms with Gasteiger partial charge in [0.2, 0.25) is 0 Å². The first-order chi connectivity index (χ1) is 10.0. The third-order valence-electron chi connectivity index (χ3n) is 3.24. The van der Waals surface area contributed by atoms with E-state index in [9.17, 15) is 9.59 Å². The number of hydrogen-bond acceptors (Lipinski definition) is 4. The molecular weight excluding hydrogens is 270 g/mol. The van der Waals surface area contributed by atoms with Crippen LogP contribution in [0.2, 0.25) is 0 Å². The third kappa shape index (κ3) is 6.74. The molecule has 0 spiro atoms. The van der Waals surface area contributed by atoms with E-state index in [1.807, 2.05) is 32.0 Å². The van der Waals surface area contributed by atoms with Crippen molar-refractivity contribution in [3.63, 3.8) is 0 Å². The van der Waals surface area contributed by atoms with Crippen molar-refractivity contribution < 1.29 is 14.4 Å². The minimum Gasteiger partial charge on any atom is -0.339 e. The molecular formula is C15H23N3O3. The van der Waals surface area contributed by atoms with Crippen molar-refractivity contribution in [2.45, 2.75) is 33.1 Å². The number of rotatable bonds is 6. The van der Waals surface area contributed by atoms with Gasteiger partial charge in [-0.15, -0.1) is 0 Å². The first-order valence-corrected chi connectivity index (χ1v) is 7.13. The summed E-state index contributed by atoms with van der Waals surface area (Å²) in [5, 5.41) is 0. The van der Waals surface area contributed by atoms with Gasteiger partial charge >= 0.3 is 12.0 Å². The number of carbonyl (C=O) groups is 2. The summed E-state index contributed by atoms with van der Waals surface area (Å²) in [6.45, 7) is 4.45. The molecule has 6 heteroatoms. The van der Waals surface area contributed by atoms with Crippen molar-refractivity contribution in [3.8, 4) is 0 Å². The van der Waals surface area contributed by atoms with E-state index in [0.29, 0.717) is 19.4 Å². The average Bonchev–Trinajstić information content (AvgIpc) is 2.51. The van der Waals surface area contributed by atoms with Crippen molar-refractivity contribution in [2.75, 3.05) is 13.6 Å². The van der Waals surface area contributed by atoms with Crippen LogP contribution < -0.4 is 5.48 Å². The number of aromatic nitrogens is 1. The van der Waals surface area contributed by atoms with Gasteiger partial charge in [-0.3, -0.25) is 4.98 Å². The monoisotopic (exact) mass is 293 g/mol. The lowest BCUT2D eigenvalue weighted by Gasteiger charge is -2.17. The molecule has 0 unspecified atom stereocenters. The molecule has 1 atom stereocenters. The van der Waals surface area contributed by atoms with Crippen LogP contribution in [0.4, 0.5) is 4.79 Å². The highest BCUT2D eigenvalue weighted by Gasteiger charge is 2.13. The van der Waals surface area contributed by atoms with E-state index in [-0.39, 0.29) is 5.92 Å². The lowest BCUT2D eigenvalue weighted by molar-refractivity contribution is -0.150. The molecule has 0 radical (unpaired) electrons. The van der Waals surface area contributed by atoms with E-state index < -0.39 is 12.0 Å². The molecule has 0 aliphatic rings. The predicted molar refractivity (Wildman–Crippen MR) is 79.3 cm³/mol. The normalized spacial score (nSPS) is 11.6. The highest BCUT2D eigenvalue weighted by atomic mass is 16.7. The topological polar surface area (TPSA) is 71.5 Å². The number of hydrogen-bond donors (Lipinski definition) is 1. The van der Waals surface area contributed by atoms with E-state index in [0.717, 1.165) is 12.1 Å². The number of hydroxylamine groups is 1. The molecule has 0 aliphatic carbocycles. The molecule has 0 saturated carbocycles. The summed E-state index contributed by atoms with van der Waals surface area (Å²) in [5.41, 5.74) is 3.07. The highest BCUT2D eigenvalue weighted by Crippen LogP contribution is 2.06. The first kappa shape index (κ1) is 16.9. The Labute approximate surface area is 125 Å². The fourth-order valence-corrected chi connectivity index (χ4v) is 1.58. The van der Waals surface area contributed by atoms with E-state index in [1.54, 1.807) is 13.2 Å². The van der Waals surface area contributed by atoms with Crippen LogP contribution in [0.5, 0.6) is 0 Å². The maximum absolute atomic E-state index is 11.7. The molecule has 0 bridgehead atoms. The van der Waals surface area contributed by atoms with Crippen LogP contribution in [0, 0.1) is 5.92 Å². The zero-order chi connectivity index (χ0) is 15.7. The van der Waals surface area contributed by atoms with E-state index in [1.165, 1.54) is 4.90 Å². The molecule has 0 aromatic carbocycles. The van der Waals surface area contributed by atoms with Crippen LogP contribution in [0.1, 0.15) is 32.4 Å². The van der Waals surface area contributed by atoms with E-state index >= 15 is 0 Å². The Morgan fingerprint density at radius 1 is 1.43 bits per heavy atom. The fourth-order valence-electron chi connectivity index (χ4n) is 1.58. The van der Waals surface area contributed by atoms with Crippen LogP contribution in [0.15, 0.2) is 24.4 Å². The molecule has 1 heterocycles. The Balaban J connectivity index is 2.26. The smallest absolute Gasteiger partial charge is 0.339 e. The van der Waals surface area contributed by atoms with Crippen LogP contribution in [-0.4, -0.2) is 35.5 Å². The van der Waals surface area contributed by atoms with Gasteiger partial charge in [0.15, 0.2) is 0 Å². The highest BCUT2D eigenvalue weighted by molar-refractivity contribution is 5.76. The number of nitrogens with one attached hydrogen (secondary N) is 1. The summed E-state index contributed by atoms with van der Waals surface area (Å²) in [6.07, 6.45) is 3.55. The van der Waals surface area contributed by atoms with Crippen molar-refractivity contribution in [1.82, 2.24) is 15.4 Å². The first-order valence-electron chi connectivity index (χ1n) is 7.13. The third-order valence-corrected chi connectivity index (χ3v) is 3.24. The van der Waals surface area contributed by atoms with Gasteiger partial charge in [-0.25, -0.2) is 9.59 Å². The number of urea groups is 1. The molecule has 0 fully saturated rings. The van der Waals surface area contributed by atoms with Gasteiger partial charge < -0.3 is 9.74 Å². The van der Waals surface area contributed by atoms with Crippen LogP contribution >= 0.6 is 0 Å². The second-order valence-corrected chi connectivity index (χ2v) is 5.09. The molecule has 1 N–H and O–H groups in total. The Morgan fingerprint density at radius 3 is 2.81 bits per heavy atom. The Hall–Kier alpha value is -2.11. The summed E-state index contributed by atoms with van der Waals surface area (Å²) in [6, 6.07) is 5.21. The number of likely N-dealkylation sites (N-methyl/N-ethyl adjacent to an activating group) is 1. The van der Waals surface area contributed by atoms with Crippen LogP contribution in [0.3, 0.4) is 0 Å². The van der Waals surface area contributed by atoms with E-state index in [4.69, 9.17) is 4.84 Å². The summed E-state index contributed by atoms with van der Waals surface area (Å²) in [7, 11) is 1.64. The van der Waals surface area contributed by atoms with Crippen molar-refractivity contribution in [3.05, 3.63) is 30.1 Å². The standard InChI is InChI=1S/C15H23N3O3/c1-4-12(2)11-14(19)21-17-15(20)18(3)10-8-13-7-5-6-9-16-13/h5-7,9,12H,4,8,10-11H2,1-3H3,(H,17,20)/t12-/m0/s1. The van der Waals surface area contributed by atoms with Crippen molar-refractivity contribution in [1.29, 1.82) is 0 Å². The Bertz CT molecular complexity index is 451. The quantitative estimate of drug-likeness (QED) is 0.816. The van der Waals surface area contributed by atoms with Gasteiger partial charge in [0.25, 0.3) is 0 Å². The fraction of sp³-hybridized carbons (Fsp3) is 0.533. The zero-order valence-corrected chi connectivity index (χ0v) is 12.8. The summed E-state index contributed by atoms with van der Waals surface area (Å²) in [4.78, 5) is 33.6. The predicted octanol–water partition coefficient (Wildman–Crippen LogP) is 2.16. The molecule has 2 amide bonds. The minimum atomic E-state index is -0.441. The maximum atomic E-state index is 11.7. The SMILES string of the molecule is CC[C@H](C)CC(=O)ONC(=O)N(C)CCc1ccccn1. The largest absolute Gasteiger partial charge is 0.350 e. The molecule has 1 aromatic rings. The Morgan fingerprint density at radius 2 is 2.19 bits per heavy atom. The van der Waals surface area contributed by atoms with Crippen LogP contribution in [-0.2, 0) is 16.1 Å². The molecule has 0 saturated heterocycles. The number of nitrogens with zero attached hydrogens (tertiary/aromatic N) is 2.